The summed E-state index contributed by atoms with van der Waals surface area (Å²) in [6.45, 7) is 0. The van der Waals surface area contributed by atoms with Gasteiger partial charge < -0.3 is 20.1 Å². The highest BCUT2D eigenvalue weighted by Gasteiger charge is 2.56. The summed E-state index contributed by atoms with van der Waals surface area (Å²) in [5.41, 5.74) is 2.24. The summed E-state index contributed by atoms with van der Waals surface area (Å²) in [5, 5.41) is 13.2. The molecular weight excluding hydrogens is 513 g/mol. The van der Waals surface area contributed by atoms with E-state index in [0.29, 0.717) is 47.0 Å². The van der Waals surface area contributed by atoms with Crippen LogP contribution >= 0.6 is 0 Å². The number of hydrogen-bond donors (Lipinski definition) is 3. The van der Waals surface area contributed by atoms with Gasteiger partial charge in [0, 0.05) is 46.3 Å². The maximum atomic E-state index is 13.2. The van der Waals surface area contributed by atoms with Gasteiger partial charge in [-0.25, -0.2) is 4.39 Å². The number of H-pyrrole nitrogens is 1. The van der Waals surface area contributed by atoms with Crippen LogP contribution in [0.2, 0.25) is 0 Å². The predicted molar refractivity (Wildman–Crippen MR) is 148 cm³/mol. The Morgan fingerprint density at radius 3 is 2.20 bits per heavy atom. The number of nitrogens with zero attached hydrogens (tertiary/aromatic N) is 2. The van der Waals surface area contributed by atoms with Crippen molar-refractivity contribution < 1.29 is 23.5 Å². The lowest BCUT2D eigenvalue weighted by Gasteiger charge is -2.16. The number of amides is 2. The van der Waals surface area contributed by atoms with Gasteiger partial charge in [0.25, 0.3) is 0 Å². The molecule has 3 N–H and O–H groups in total. The van der Waals surface area contributed by atoms with Crippen LogP contribution in [0, 0.1) is 11.2 Å². The molecule has 10 heteroatoms. The smallest absolute Gasteiger partial charge is 0.240 e. The Morgan fingerprint density at radius 2 is 1.60 bits per heavy atom. The van der Waals surface area contributed by atoms with Crippen LogP contribution in [0.25, 0.3) is 22.0 Å². The Morgan fingerprint density at radius 1 is 0.925 bits per heavy atom. The largest absolute Gasteiger partial charge is 0.496 e. The third-order valence-electron chi connectivity index (χ3n) is 6.89. The fourth-order valence-corrected chi connectivity index (χ4v) is 4.48. The molecule has 1 fully saturated rings. The number of anilines is 2. The summed E-state index contributed by atoms with van der Waals surface area (Å²) < 4.78 is 24.9. The summed E-state index contributed by atoms with van der Waals surface area (Å²) in [6, 6.07) is 17.9. The molecule has 3 aromatic carbocycles. The van der Waals surface area contributed by atoms with E-state index in [4.69, 9.17) is 9.47 Å². The topological polar surface area (TPSA) is 118 Å². The first-order chi connectivity index (χ1) is 19.4. The molecule has 0 saturated heterocycles. The quantitative estimate of drug-likeness (QED) is 0.211. The van der Waals surface area contributed by atoms with E-state index in [2.05, 4.69) is 25.8 Å². The molecule has 6 rings (SSSR count). The van der Waals surface area contributed by atoms with Crippen molar-refractivity contribution in [1.82, 2.24) is 15.2 Å². The molecule has 2 heterocycles. The van der Waals surface area contributed by atoms with E-state index in [-0.39, 0.29) is 5.91 Å². The molecule has 0 bridgehead atoms. The van der Waals surface area contributed by atoms with Crippen LogP contribution in [0.3, 0.4) is 0 Å². The molecule has 1 aliphatic rings. The Balaban J connectivity index is 1.17. The van der Waals surface area contributed by atoms with Gasteiger partial charge in [0.2, 0.25) is 11.8 Å². The van der Waals surface area contributed by atoms with E-state index in [9.17, 15) is 14.0 Å². The van der Waals surface area contributed by atoms with Crippen LogP contribution in [0.1, 0.15) is 12.8 Å². The minimum absolute atomic E-state index is 0.387. The number of methoxy groups -OCH3 is 1. The van der Waals surface area contributed by atoms with Gasteiger partial charge in [-0.1, -0.05) is 0 Å². The maximum absolute atomic E-state index is 13.2. The normalized spacial score (nSPS) is 13.4. The standard InChI is InChI=1S/C30H24FN5O4/c1-39-27-15-25-24(14-23(27)18-16-33-34-17-18)26(10-13-32-25)40-22-8-6-21(7-9-22)36-29(38)30(11-12-30)28(37)35-20-4-2-19(31)3-5-20/h2-10,13-17H,11-12H2,1H3,(H,33,34)(H,35,37)(H,36,38). The fourth-order valence-electron chi connectivity index (χ4n) is 4.48. The summed E-state index contributed by atoms with van der Waals surface area (Å²) in [4.78, 5) is 30.3. The number of benzene rings is 3. The van der Waals surface area contributed by atoms with E-state index in [1.54, 1.807) is 56.0 Å². The molecule has 0 aliphatic heterocycles. The number of carbonyl (C=O) groups excluding carboxylic acids is 2. The first kappa shape index (κ1) is 25.1. The lowest BCUT2D eigenvalue weighted by molar-refractivity contribution is -0.131. The van der Waals surface area contributed by atoms with E-state index < -0.39 is 17.1 Å². The zero-order chi connectivity index (χ0) is 27.7. The molecule has 40 heavy (non-hydrogen) atoms. The van der Waals surface area contributed by atoms with Gasteiger partial charge in [-0.2, -0.15) is 5.10 Å². The maximum Gasteiger partial charge on any atom is 0.240 e. The third-order valence-corrected chi connectivity index (χ3v) is 6.89. The molecule has 2 amide bonds. The monoisotopic (exact) mass is 537 g/mol. The molecular formula is C30H24FN5O4. The molecule has 9 nitrogen and oxygen atoms in total. The molecule has 200 valence electrons. The number of fused-ring (bicyclic) bond motifs is 1. The summed E-state index contributed by atoms with van der Waals surface area (Å²) in [7, 11) is 1.61. The highest BCUT2D eigenvalue weighted by Crippen LogP contribution is 2.47. The van der Waals surface area contributed by atoms with Gasteiger partial charge >= 0.3 is 0 Å². The number of hydrogen-bond acceptors (Lipinski definition) is 6. The molecule has 5 aromatic rings. The number of aromatic nitrogens is 3. The van der Waals surface area contributed by atoms with Gasteiger partial charge in [0.05, 0.1) is 18.8 Å². The summed E-state index contributed by atoms with van der Waals surface area (Å²) in [5.74, 6) is 0.623. The average Bonchev–Trinajstić information content (AvgIpc) is 3.62. The van der Waals surface area contributed by atoms with E-state index in [1.165, 1.54) is 24.3 Å². The van der Waals surface area contributed by atoms with Crippen LogP contribution < -0.4 is 20.1 Å². The van der Waals surface area contributed by atoms with Crippen LogP contribution in [0.5, 0.6) is 17.2 Å². The second-order valence-corrected chi connectivity index (χ2v) is 9.49. The van der Waals surface area contributed by atoms with E-state index >= 15 is 0 Å². The molecule has 0 atom stereocenters. The lowest BCUT2D eigenvalue weighted by Crippen LogP contribution is -2.35. The summed E-state index contributed by atoms with van der Waals surface area (Å²) >= 11 is 0. The SMILES string of the molecule is COc1cc2nccc(Oc3ccc(NC(=O)C4(C(=O)Nc5ccc(F)cc5)CC4)cc3)c2cc1-c1cn[nH]c1. The van der Waals surface area contributed by atoms with E-state index in [1.807, 2.05) is 12.1 Å². The molecule has 0 spiro atoms. The molecule has 1 aliphatic carbocycles. The van der Waals surface area contributed by atoms with Crippen molar-refractivity contribution in [3.63, 3.8) is 0 Å². The van der Waals surface area contributed by atoms with Crippen molar-refractivity contribution in [2.24, 2.45) is 5.41 Å². The Kier molecular flexibility index (Phi) is 6.35. The Hall–Kier alpha value is -5.25. The lowest BCUT2D eigenvalue weighted by atomic mass is 10.0. The molecule has 0 unspecified atom stereocenters. The Bertz CT molecular complexity index is 1700. The van der Waals surface area contributed by atoms with Crippen molar-refractivity contribution in [1.29, 1.82) is 0 Å². The number of carbonyl (C=O) groups is 2. The zero-order valence-electron chi connectivity index (χ0n) is 21.4. The minimum Gasteiger partial charge on any atom is -0.496 e. The molecule has 0 radical (unpaired) electrons. The van der Waals surface area contributed by atoms with E-state index in [0.717, 1.165) is 16.5 Å². The predicted octanol–water partition coefficient (Wildman–Crippen LogP) is 5.92. The van der Waals surface area contributed by atoms with Crippen LogP contribution in [0.4, 0.5) is 15.8 Å². The van der Waals surface area contributed by atoms with Gasteiger partial charge in [-0.05, 0) is 73.5 Å². The minimum atomic E-state index is -1.15. The van der Waals surface area contributed by atoms with Crippen molar-refractivity contribution in [2.75, 3.05) is 17.7 Å². The zero-order valence-corrected chi connectivity index (χ0v) is 21.4. The number of halogens is 1. The second kappa shape index (κ2) is 10.1. The van der Waals surface area contributed by atoms with Crippen molar-refractivity contribution in [3.05, 3.63) is 91.1 Å². The number of pyridine rings is 1. The number of ether oxygens (including phenoxy) is 2. The van der Waals surface area contributed by atoms with Crippen LogP contribution in [0.15, 0.2) is 85.3 Å². The molecule has 1 saturated carbocycles. The van der Waals surface area contributed by atoms with Crippen molar-refractivity contribution >= 4 is 34.1 Å². The highest BCUT2D eigenvalue weighted by atomic mass is 19.1. The first-order valence-electron chi connectivity index (χ1n) is 12.6. The van der Waals surface area contributed by atoms with Gasteiger partial charge in [-0.15, -0.1) is 0 Å². The number of nitrogens with one attached hydrogen (secondary N) is 3. The first-order valence-corrected chi connectivity index (χ1v) is 12.6. The molecule has 2 aromatic heterocycles. The van der Waals surface area contributed by atoms with Crippen molar-refractivity contribution in [3.8, 4) is 28.4 Å². The van der Waals surface area contributed by atoms with Gasteiger partial charge in [0.1, 0.15) is 28.5 Å². The van der Waals surface area contributed by atoms with Crippen LogP contribution in [-0.2, 0) is 9.59 Å². The third kappa shape index (κ3) is 4.82. The number of aromatic amines is 1. The Labute approximate surface area is 228 Å². The number of rotatable bonds is 8. The highest BCUT2D eigenvalue weighted by molar-refractivity contribution is 6.16. The van der Waals surface area contributed by atoms with Crippen LogP contribution in [-0.4, -0.2) is 34.1 Å². The average molecular weight is 538 g/mol. The summed E-state index contributed by atoms with van der Waals surface area (Å²) in [6.07, 6.45) is 6.04. The van der Waals surface area contributed by atoms with Gasteiger partial charge in [-0.3, -0.25) is 19.7 Å². The second-order valence-electron chi connectivity index (χ2n) is 9.49. The van der Waals surface area contributed by atoms with Crippen molar-refractivity contribution in [2.45, 2.75) is 12.8 Å². The van der Waals surface area contributed by atoms with Gasteiger partial charge in [0.15, 0.2) is 0 Å². The fraction of sp³-hybridized carbons (Fsp3) is 0.133.